The molecule has 1 aromatic carbocycles. The molecule has 0 saturated carbocycles. The van der Waals surface area contributed by atoms with Crippen molar-refractivity contribution in [3.8, 4) is 0 Å². The molecule has 0 radical (unpaired) electrons. The van der Waals surface area contributed by atoms with Gasteiger partial charge in [-0.15, -0.1) is 12.1 Å². The van der Waals surface area contributed by atoms with Crippen LogP contribution in [0.4, 0.5) is 0 Å². The second kappa shape index (κ2) is 11.7. The molecule has 0 amide bonds. The summed E-state index contributed by atoms with van der Waals surface area (Å²) >= 11 is 4.93. The third kappa shape index (κ3) is 11.7. The summed E-state index contributed by atoms with van der Waals surface area (Å²) in [5.74, 6) is 0. The molecule has 0 aliphatic heterocycles. The second-order valence-corrected chi connectivity index (χ2v) is 25.1. The van der Waals surface area contributed by atoms with Crippen LogP contribution >= 0.6 is 39.5 Å². The Kier molecular flexibility index (Phi) is 16.1. The van der Waals surface area contributed by atoms with E-state index < -0.39 is 0 Å². The van der Waals surface area contributed by atoms with Crippen LogP contribution in [0.2, 0.25) is 0 Å². The van der Waals surface area contributed by atoms with E-state index in [0.29, 0.717) is 0 Å². The Balaban J connectivity index is 0. The fourth-order valence-electron chi connectivity index (χ4n) is 0.478. The first-order valence-corrected chi connectivity index (χ1v) is 20.9. The molecular weight excluding hydrogens is 467 g/mol. The van der Waals surface area contributed by atoms with E-state index >= 15 is 0 Å². The molecule has 0 atom stereocenters. The molecular formula is C7H7CuI2Zn. The molecule has 0 aliphatic carbocycles. The fraction of sp³-hybridized carbons (Fsp3) is 0. The number of hydrogen-bond donors (Lipinski definition) is 0. The van der Waals surface area contributed by atoms with Crippen LogP contribution in [0.5, 0.6) is 0 Å². The van der Waals surface area contributed by atoms with E-state index in [1.54, 1.807) is 0 Å². The molecule has 1 rings (SSSR count). The van der Waals surface area contributed by atoms with Gasteiger partial charge in [0.1, 0.15) is 0 Å². The van der Waals surface area contributed by atoms with Crippen molar-refractivity contribution in [3.63, 3.8) is 0 Å². The first-order valence-electron chi connectivity index (χ1n) is 2.80. The second-order valence-electron chi connectivity index (χ2n) is 1.59. The maximum atomic E-state index is 3.72. The van der Waals surface area contributed by atoms with E-state index in [4.69, 9.17) is 0 Å². The monoisotopic (exact) mass is 472 g/mol. The van der Waals surface area contributed by atoms with Gasteiger partial charge >= 0.3 is 66.7 Å². The summed E-state index contributed by atoms with van der Waals surface area (Å²) in [5.41, 5.74) is 1.07. The Bertz CT molecular complexity index is 158. The standard InChI is InChI=1S/C7H7.Cu.2HI.Zn/c1-7-5-3-2-4-6-7;;;;/h2-6H,1H2;;2*1H;/q-1;+1;;;+2/p-2. The van der Waals surface area contributed by atoms with Crippen molar-refractivity contribution < 1.29 is 27.2 Å². The third-order valence-corrected chi connectivity index (χ3v) is 0.843. The summed E-state index contributed by atoms with van der Waals surface area (Å²) in [7, 11) is 0.0650. The van der Waals surface area contributed by atoms with Gasteiger partial charge in [0.05, 0.1) is 0 Å². The Morgan fingerprint density at radius 2 is 1.45 bits per heavy atom. The SMILES string of the molecule is [CH2-]c1ccccc1.[Cu+].[I][Zn][I]. The van der Waals surface area contributed by atoms with E-state index in [0.717, 1.165) is 5.56 Å². The van der Waals surface area contributed by atoms with Crippen molar-refractivity contribution in [2.45, 2.75) is 0 Å². The first-order chi connectivity index (χ1) is 4.81. The van der Waals surface area contributed by atoms with E-state index in [2.05, 4.69) is 46.4 Å². The molecule has 0 nitrogen and oxygen atoms in total. The molecule has 62 valence electrons. The van der Waals surface area contributed by atoms with Crippen molar-refractivity contribution >= 4 is 39.5 Å². The van der Waals surface area contributed by atoms with Crippen LogP contribution in [0.1, 0.15) is 5.56 Å². The van der Waals surface area contributed by atoms with Gasteiger partial charge in [0, 0.05) is 0 Å². The van der Waals surface area contributed by atoms with Crippen molar-refractivity contribution in [1.82, 2.24) is 0 Å². The zero-order chi connectivity index (χ0) is 7.82. The molecule has 0 aliphatic rings. The third-order valence-electron chi connectivity index (χ3n) is 0.843. The molecule has 4 heteroatoms. The maximum absolute atomic E-state index is 3.72. The van der Waals surface area contributed by atoms with Crippen LogP contribution in [0.3, 0.4) is 0 Å². The average Bonchev–Trinajstić information content (AvgIpc) is 1.91. The van der Waals surface area contributed by atoms with Crippen LogP contribution in [-0.2, 0) is 27.2 Å². The molecule has 0 spiro atoms. The minimum absolute atomic E-state index is 0. The Morgan fingerprint density at radius 3 is 1.64 bits per heavy atom. The van der Waals surface area contributed by atoms with Gasteiger partial charge in [-0.2, -0.15) is 24.6 Å². The number of benzene rings is 1. The summed E-state index contributed by atoms with van der Waals surface area (Å²) < 4.78 is 0. The predicted octanol–water partition coefficient (Wildman–Crippen LogP) is 3.64. The van der Waals surface area contributed by atoms with E-state index in [1.165, 1.54) is 0 Å². The number of hydrogen-bond acceptors (Lipinski definition) is 0. The van der Waals surface area contributed by atoms with Crippen LogP contribution in [-0.4, -0.2) is 0 Å². The summed E-state index contributed by atoms with van der Waals surface area (Å²) in [6.07, 6.45) is 0. The first kappa shape index (κ1) is 15.2. The molecule has 0 N–H and O–H groups in total. The van der Waals surface area contributed by atoms with E-state index in [9.17, 15) is 0 Å². The summed E-state index contributed by atoms with van der Waals surface area (Å²) in [6, 6.07) is 9.87. The van der Waals surface area contributed by atoms with Crippen LogP contribution in [0.25, 0.3) is 0 Å². The van der Waals surface area contributed by atoms with Gasteiger partial charge in [0.2, 0.25) is 0 Å². The normalized spacial score (nSPS) is 6.36. The van der Waals surface area contributed by atoms with Crippen molar-refractivity contribution in [2.24, 2.45) is 0 Å². The summed E-state index contributed by atoms with van der Waals surface area (Å²) in [6.45, 7) is 3.72. The summed E-state index contributed by atoms with van der Waals surface area (Å²) in [4.78, 5) is 0. The Labute approximate surface area is 108 Å². The van der Waals surface area contributed by atoms with Crippen molar-refractivity contribution in [3.05, 3.63) is 42.8 Å². The van der Waals surface area contributed by atoms with Gasteiger partial charge < -0.3 is 0 Å². The van der Waals surface area contributed by atoms with E-state index in [-0.39, 0.29) is 27.2 Å². The van der Waals surface area contributed by atoms with Gasteiger partial charge in [0.15, 0.2) is 0 Å². The van der Waals surface area contributed by atoms with Crippen LogP contribution in [0, 0.1) is 6.92 Å². The van der Waals surface area contributed by atoms with Gasteiger partial charge in [-0.1, -0.05) is 6.07 Å². The van der Waals surface area contributed by atoms with Gasteiger partial charge in [0.25, 0.3) is 0 Å². The zero-order valence-corrected chi connectivity index (χ0v) is 14.1. The van der Waals surface area contributed by atoms with Gasteiger partial charge in [-0.25, -0.2) is 0 Å². The van der Waals surface area contributed by atoms with Crippen molar-refractivity contribution in [2.75, 3.05) is 0 Å². The fourth-order valence-corrected chi connectivity index (χ4v) is 0.478. The molecule has 0 heterocycles. The molecule has 0 saturated heterocycles. The van der Waals surface area contributed by atoms with E-state index in [1.807, 2.05) is 30.3 Å². The molecule has 1 aromatic rings. The topological polar surface area (TPSA) is 0 Å². The Morgan fingerprint density at radius 1 is 1.09 bits per heavy atom. The molecule has 0 bridgehead atoms. The Hall–Kier alpha value is 1.69. The zero-order valence-electron chi connectivity index (χ0n) is 5.86. The van der Waals surface area contributed by atoms with Crippen LogP contribution in [0.15, 0.2) is 30.3 Å². The molecule has 11 heavy (non-hydrogen) atoms. The average molecular weight is 474 g/mol. The predicted molar refractivity (Wildman–Crippen MR) is 58.9 cm³/mol. The summed E-state index contributed by atoms with van der Waals surface area (Å²) in [5, 5.41) is 0. The van der Waals surface area contributed by atoms with Gasteiger partial charge in [-0.3, -0.25) is 0 Å². The molecule has 0 aromatic heterocycles. The van der Waals surface area contributed by atoms with Crippen LogP contribution < -0.4 is 0 Å². The molecule has 0 fully saturated rings. The quantitative estimate of drug-likeness (QED) is 0.307. The minimum atomic E-state index is 0. The number of rotatable bonds is 0. The molecule has 0 unspecified atom stereocenters. The number of halogens is 2. The van der Waals surface area contributed by atoms with Crippen molar-refractivity contribution in [1.29, 1.82) is 0 Å². The van der Waals surface area contributed by atoms with Gasteiger partial charge in [-0.05, 0) is 0 Å².